The van der Waals surface area contributed by atoms with Crippen molar-refractivity contribution >= 4 is 15.9 Å². The van der Waals surface area contributed by atoms with Gasteiger partial charge >= 0.3 is 6.36 Å². The molecule has 0 bridgehead atoms. The highest BCUT2D eigenvalue weighted by Gasteiger charge is 2.33. The Balaban J connectivity index is 3.27. The molecule has 1 heterocycles. The van der Waals surface area contributed by atoms with E-state index in [1.165, 1.54) is 0 Å². The maximum absolute atomic E-state index is 12.6. The molecular formula is C9H7BrF5NO2. The maximum atomic E-state index is 12.6. The quantitative estimate of drug-likeness (QED) is 0.619. The van der Waals surface area contributed by atoms with E-state index in [0.717, 1.165) is 7.11 Å². The minimum Gasteiger partial charge on any atom is -0.481 e. The first-order valence-electron chi connectivity index (χ1n) is 4.46. The third-order valence-electron chi connectivity index (χ3n) is 1.84. The molecule has 0 aliphatic carbocycles. The molecule has 102 valence electrons. The smallest absolute Gasteiger partial charge is 0.481 e. The molecule has 0 atom stereocenters. The Kier molecular flexibility index (Phi) is 4.71. The number of halogens is 6. The van der Waals surface area contributed by atoms with Gasteiger partial charge in [0.05, 0.1) is 18.4 Å². The van der Waals surface area contributed by atoms with Crippen LogP contribution in [0.2, 0.25) is 0 Å². The standard InChI is InChI=1S/C9H7BrF5NO2/c1-17-8-4(7(11)12)2-6(5(3-10)16-8)18-9(13,14)15/h2,7H,3H2,1H3. The summed E-state index contributed by atoms with van der Waals surface area (Å²) in [5.74, 6) is -1.22. The summed E-state index contributed by atoms with van der Waals surface area (Å²) in [6, 6.07) is 0.570. The summed E-state index contributed by atoms with van der Waals surface area (Å²) in [4.78, 5) is 3.54. The molecule has 0 radical (unpaired) electrons. The Morgan fingerprint density at radius 2 is 2.00 bits per heavy atom. The Bertz CT molecular complexity index is 424. The van der Waals surface area contributed by atoms with Gasteiger partial charge in [-0.1, -0.05) is 15.9 Å². The normalized spacial score (nSPS) is 11.8. The fraction of sp³-hybridized carbons (Fsp3) is 0.444. The highest BCUT2D eigenvalue weighted by atomic mass is 79.9. The van der Waals surface area contributed by atoms with Crippen LogP contribution in [0.15, 0.2) is 6.07 Å². The van der Waals surface area contributed by atoms with Gasteiger partial charge in [0.25, 0.3) is 6.43 Å². The molecule has 0 aliphatic rings. The number of methoxy groups -OCH3 is 1. The van der Waals surface area contributed by atoms with Gasteiger partial charge in [-0.15, -0.1) is 13.2 Å². The number of hydrogen-bond acceptors (Lipinski definition) is 3. The lowest BCUT2D eigenvalue weighted by Crippen LogP contribution is -2.19. The van der Waals surface area contributed by atoms with Crippen molar-refractivity contribution in [3.05, 3.63) is 17.3 Å². The molecule has 0 N–H and O–H groups in total. The summed E-state index contributed by atoms with van der Waals surface area (Å²) in [6.07, 6.45) is -8.00. The van der Waals surface area contributed by atoms with Crippen molar-refractivity contribution in [2.75, 3.05) is 7.11 Å². The molecule has 0 aromatic carbocycles. The van der Waals surface area contributed by atoms with Crippen LogP contribution in [-0.2, 0) is 5.33 Å². The summed E-state index contributed by atoms with van der Waals surface area (Å²) in [7, 11) is 1.09. The van der Waals surface area contributed by atoms with E-state index in [0.29, 0.717) is 6.07 Å². The van der Waals surface area contributed by atoms with Crippen molar-refractivity contribution in [2.24, 2.45) is 0 Å². The molecule has 0 unspecified atom stereocenters. The van der Waals surface area contributed by atoms with E-state index in [4.69, 9.17) is 0 Å². The summed E-state index contributed by atoms with van der Waals surface area (Å²) >= 11 is 2.89. The topological polar surface area (TPSA) is 31.4 Å². The molecular weight excluding hydrogens is 329 g/mol. The molecule has 1 aromatic rings. The van der Waals surface area contributed by atoms with Crippen LogP contribution in [0.1, 0.15) is 17.7 Å². The number of hydrogen-bond donors (Lipinski definition) is 0. The second-order valence-corrected chi connectivity index (χ2v) is 3.57. The third-order valence-corrected chi connectivity index (χ3v) is 2.37. The largest absolute Gasteiger partial charge is 0.573 e. The van der Waals surface area contributed by atoms with Gasteiger partial charge in [-0.25, -0.2) is 13.8 Å². The molecule has 0 aliphatic heterocycles. The fourth-order valence-electron chi connectivity index (χ4n) is 1.16. The number of aromatic nitrogens is 1. The molecule has 18 heavy (non-hydrogen) atoms. The van der Waals surface area contributed by atoms with E-state index in [9.17, 15) is 22.0 Å². The first-order chi connectivity index (χ1) is 8.28. The first-order valence-corrected chi connectivity index (χ1v) is 5.58. The van der Waals surface area contributed by atoms with Crippen LogP contribution in [-0.4, -0.2) is 18.5 Å². The van der Waals surface area contributed by atoms with Crippen LogP contribution < -0.4 is 9.47 Å². The van der Waals surface area contributed by atoms with Crippen LogP contribution in [0, 0.1) is 0 Å². The minimum atomic E-state index is -4.98. The van der Waals surface area contributed by atoms with Crippen LogP contribution in [0.5, 0.6) is 11.6 Å². The number of pyridine rings is 1. The molecule has 3 nitrogen and oxygen atoms in total. The Morgan fingerprint density at radius 3 is 2.39 bits per heavy atom. The Morgan fingerprint density at radius 1 is 1.39 bits per heavy atom. The average Bonchev–Trinajstić information content (AvgIpc) is 2.26. The van der Waals surface area contributed by atoms with Crippen LogP contribution >= 0.6 is 15.9 Å². The molecule has 0 amide bonds. The SMILES string of the molecule is COc1nc(CBr)c(OC(F)(F)F)cc1C(F)F. The van der Waals surface area contributed by atoms with Crippen molar-refractivity contribution < 1.29 is 31.4 Å². The lowest BCUT2D eigenvalue weighted by molar-refractivity contribution is -0.275. The second-order valence-electron chi connectivity index (χ2n) is 3.01. The van der Waals surface area contributed by atoms with Gasteiger partial charge in [-0.3, -0.25) is 0 Å². The average molecular weight is 336 g/mol. The van der Waals surface area contributed by atoms with E-state index in [1.54, 1.807) is 0 Å². The van der Waals surface area contributed by atoms with Gasteiger partial charge in [-0.05, 0) is 6.07 Å². The van der Waals surface area contributed by atoms with Crippen LogP contribution in [0.3, 0.4) is 0 Å². The van der Waals surface area contributed by atoms with Crippen molar-refractivity contribution in [1.29, 1.82) is 0 Å². The van der Waals surface area contributed by atoms with Crippen molar-refractivity contribution in [2.45, 2.75) is 18.1 Å². The molecule has 0 fully saturated rings. The number of alkyl halides is 6. The summed E-state index contributed by atoms with van der Waals surface area (Å²) < 4.78 is 69.7. The van der Waals surface area contributed by atoms with Gasteiger partial charge < -0.3 is 9.47 Å². The van der Waals surface area contributed by atoms with E-state index in [2.05, 4.69) is 30.4 Å². The van der Waals surface area contributed by atoms with Gasteiger partial charge in [-0.2, -0.15) is 0 Å². The van der Waals surface area contributed by atoms with E-state index < -0.39 is 30.0 Å². The zero-order valence-corrected chi connectivity index (χ0v) is 10.5. The number of nitrogens with zero attached hydrogens (tertiary/aromatic N) is 1. The summed E-state index contributed by atoms with van der Waals surface area (Å²) in [5.41, 5.74) is -0.949. The molecule has 9 heteroatoms. The van der Waals surface area contributed by atoms with Gasteiger partial charge in [0.1, 0.15) is 0 Å². The molecule has 0 saturated heterocycles. The van der Waals surface area contributed by atoms with Gasteiger partial charge in [0.15, 0.2) is 5.75 Å². The Labute approximate surface area is 107 Å². The Hall–Kier alpha value is -1.12. The van der Waals surface area contributed by atoms with E-state index >= 15 is 0 Å². The number of ether oxygens (including phenoxy) is 2. The predicted octanol–water partition coefficient (Wildman–Crippen LogP) is 3.82. The number of rotatable bonds is 4. The monoisotopic (exact) mass is 335 g/mol. The van der Waals surface area contributed by atoms with E-state index in [1.807, 2.05) is 0 Å². The zero-order valence-electron chi connectivity index (χ0n) is 8.89. The van der Waals surface area contributed by atoms with Crippen LogP contribution in [0.4, 0.5) is 22.0 Å². The van der Waals surface area contributed by atoms with Crippen molar-refractivity contribution in [3.8, 4) is 11.6 Å². The summed E-state index contributed by atoms with van der Waals surface area (Å²) in [5, 5.41) is -0.0989. The fourth-order valence-corrected chi connectivity index (χ4v) is 1.56. The second kappa shape index (κ2) is 5.68. The van der Waals surface area contributed by atoms with Gasteiger partial charge in [0, 0.05) is 5.33 Å². The molecule has 0 saturated carbocycles. The van der Waals surface area contributed by atoms with Gasteiger partial charge in [0.2, 0.25) is 5.88 Å². The summed E-state index contributed by atoms with van der Waals surface area (Å²) in [6.45, 7) is 0. The predicted molar refractivity (Wildman–Crippen MR) is 55.1 cm³/mol. The van der Waals surface area contributed by atoms with Crippen molar-refractivity contribution in [3.63, 3.8) is 0 Å². The molecule has 0 spiro atoms. The van der Waals surface area contributed by atoms with Crippen molar-refractivity contribution in [1.82, 2.24) is 4.98 Å². The minimum absolute atomic E-state index is 0.0989. The first kappa shape index (κ1) is 14.9. The lowest BCUT2D eigenvalue weighted by Gasteiger charge is -2.15. The molecule has 1 rings (SSSR count). The third kappa shape index (κ3) is 3.69. The highest BCUT2D eigenvalue weighted by Crippen LogP contribution is 2.35. The van der Waals surface area contributed by atoms with Crippen LogP contribution in [0.25, 0.3) is 0 Å². The zero-order chi connectivity index (χ0) is 13.9. The molecule has 1 aromatic heterocycles. The maximum Gasteiger partial charge on any atom is 0.573 e. The lowest BCUT2D eigenvalue weighted by atomic mass is 10.2. The highest BCUT2D eigenvalue weighted by molar-refractivity contribution is 9.08. The van der Waals surface area contributed by atoms with E-state index in [-0.39, 0.29) is 11.0 Å².